The number of hydrogen-bond donors (Lipinski definition) is 1. The topological polar surface area (TPSA) is 44.8 Å². The molecule has 0 radical (unpaired) electrons. The first-order valence-corrected chi connectivity index (χ1v) is 8.51. The Morgan fingerprint density at radius 3 is 2.96 bits per heavy atom. The number of rotatable bonds is 3. The number of pyridine rings is 2. The number of aromatic amines is 1. The molecule has 0 spiro atoms. The summed E-state index contributed by atoms with van der Waals surface area (Å²) in [4.78, 5) is 13.8. The van der Waals surface area contributed by atoms with Crippen molar-refractivity contribution < 1.29 is 13.2 Å². The predicted octanol–water partition coefficient (Wildman–Crippen LogP) is 4.24. The molecule has 4 rings (SSSR count). The molecule has 3 aromatic rings. The minimum absolute atomic E-state index is 0.0752. The minimum atomic E-state index is -4.10. The molecule has 7 heteroatoms. The number of aromatic nitrogens is 3. The van der Waals surface area contributed by atoms with Crippen LogP contribution < -0.4 is 0 Å². The van der Waals surface area contributed by atoms with E-state index in [9.17, 15) is 13.2 Å². The summed E-state index contributed by atoms with van der Waals surface area (Å²) in [6.07, 6.45) is 2.46. The van der Waals surface area contributed by atoms with Gasteiger partial charge in [0.1, 0.15) is 0 Å². The van der Waals surface area contributed by atoms with Crippen molar-refractivity contribution in [3.05, 3.63) is 36.3 Å². The molecule has 0 aliphatic carbocycles. The molecule has 1 atom stereocenters. The van der Waals surface area contributed by atoms with Crippen LogP contribution >= 0.6 is 0 Å². The standard InChI is InChI=1S/C18H19F3N4/c19-18(20,21)5-9-25-8-1-2-12(11-25)13-3-6-22-15-10-24-17-14(16(13)15)4-7-23-17/h3-4,6-7,10,12,22H,1-2,5,8-9,11H2/t12-/m1/s1. The maximum atomic E-state index is 12.5. The summed E-state index contributed by atoms with van der Waals surface area (Å²) in [6.45, 7) is 1.47. The van der Waals surface area contributed by atoms with Crippen LogP contribution in [-0.4, -0.2) is 45.7 Å². The number of piperidine rings is 1. The van der Waals surface area contributed by atoms with Crippen LogP contribution in [0.4, 0.5) is 13.2 Å². The summed E-state index contributed by atoms with van der Waals surface area (Å²) in [7, 11) is 0. The van der Waals surface area contributed by atoms with E-state index < -0.39 is 12.6 Å². The number of likely N-dealkylation sites (tertiary alicyclic amines) is 1. The fraction of sp³-hybridized carbons (Fsp3) is 0.444. The van der Waals surface area contributed by atoms with E-state index in [1.54, 1.807) is 12.4 Å². The first-order chi connectivity index (χ1) is 12.0. The number of fused-ring (bicyclic) bond motifs is 3. The van der Waals surface area contributed by atoms with Gasteiger partial charge >= 0.3 is 6.18 Å². The third kappa shape index (κ3) is 3.33. The molecule has 1 N–H and O–H groups in total. The lowest BCUT2D eigenvalue weighted by molar-refractivity contribution is -0.138. The average Bonchev–Trinajstić information content (AvgIpc) is 3.08. The summed E-state index contributed by atoms with van der Waals surface area (Å²) >= 11 is 0. The molecule has 0 aromatic carbocycles. The second kappa shape index (κ2) is 6.29. The van der Waals surface area contributed by atoms with Crippen LogP contribution in [0.1, 0.15) is 30.7 Å². The summed E-state index contributed by atoms with van der Waals surface area (Å²) in [5.74, 6) is 0.222. The fourth-order valence-electron chi connectivity index (χ4n) is 3.82. The molecule has 25 heavy (non-hydrogen) atoms. The molecule has 1 aliphatic rings. The Morgan fingerprint density at radius 1 is 1.24 bits per heavy atom. The van der Waals surface area contributed by atoms with Crippen LogP contribution in [0.2, 0.25) is 0 Å². The van der Waals surface area contributed by atoms with Crippen LogP contribution in [0, 0.1) is 0 Å². The number of alkyl halides is 3. The second-order valence-corrected chi connectivity index (χ2v) is 6.67. The Hall–Kier alpha value is -2.15. The average molecular weight is 348 g/mol. The highest BCUT2D eigenvalue weighted by atomic mass is 19.4. The second-order valence-electron chi connectivity index (χ2n) is 6.67. The molecule has 1 aliphatic heterocycles. The van der Waals surface area contributed by atoms with Gasteiger partial charge in [0.05, 0.1) is 18.1 Å². The van der Waals surface area contributed by atoms with Gasteiger partial charge in [-0.2, -0.15) is 13.2 Å². The molecule has 0 amide bonds. The zero-order valence-electron chi connectivity index (χ0n) is 13.7. The van der Waals surface area contributed by atoms with E-state index >= 15 is 0 Å². The van der Waals surface area contributed by atoms with Crippen molar-refractivity contribution in [2.24, 2.45) is 0 Å². The Kier molecular flexibility index (Phi) is 4.11. The van der Waals surface area contributed by atoms with Crippen molar-refractivity contribution in [3.8, 4) is 0 Å². The van der Waals surface area contributed by atoms with E-state index in [1.807, 2.05) is 23.2 Å². The highest BCUT2D eigenvalue weighted by Gasteiger charge is 2.30. The Morgan fingerprint density at radius 2 is 2.12 bits per heavy atom. The van der Waals surface area contributed by atoms with Gasteiger partial charge < -0.3 is 9.88 Å². The van der Waals surface area contributed by atoms with Gasteiger partial charge in [0.2, 0.25) is 0 Å². The van der Waals surface area contributed by atoms with Crippen LogP contribution in [0.3, 0.4) is 0 Å². The van der Waals surface area contributed by atoms with Gasteiger partial charge in [0, 0.05) is 36.3 Å². The summed E-state index contributed by atoms with van der Waals surface area (Å²) in [5.41, 5.74) is 2.81. The maximum absolute atomic E-state index is 12.5. The van der Waals surface area contributed by atoms with Crippen LogP contribution in [0.5, 0.6) is 0 Å². The van der Waals surface area contributed by atoms with E-state index in [0.717, 1.165) is 35.7 Å². The largest absolute Gasteiger partial charge is 0.390 e. The van der Waals surface area contributed by atoms with Crippen LogP contribution in [-0.2, 0) is 0 Å². The normalized spacial score (nSPS) is 19.7. The summed E-state index contributed by atoms with van der Waals surface area (Å²) in [5, 5.41) is 2.09. The molecule has 132 valence electrons. The van der Waals surface area contributed by atoms with Crippen LogP contribution in [0.25, 0.3) is 21.9 Å². The SMILES string of the molecule is FC(F)(F)CCN1CCC[C@@H](c2cc[nH]c3cnc4nccc4c23)C1. The van der Waals surface area contributed by atoms with Gasteiger partial charge in [-0.05, 0) is 43.0 Å². The van der Waals surface area contributed by atoms with Gasteiger partial charge in [-0.25, -0.2) is 9.97 Å². The van der Waals surface area contributed by atoms with Gasteiger partial charge in [-0.3, -0.25) is 0 Å². The third-order valence-corrected chi connectivity index (χ3v) is 4.98. The molecule has 0 bridgehead atoms. The molecule has 3 aromatic heterocycles. The number of nitrogens with zero attached hydrogens (tertiary/aromatic N) is 3. The minimum Gasteiger partial charge on any atom is -0.360 e. The molecular formula is C18H19F3N4. The quantitative estimate of drug-likeness (QED) is 0.770. The first kappa shape index (κ1) is 16.3. The van der Waals surface area contributed by atoms with Crippen molar-refractivity contribution in [2.45, 2.75) is 31.4 Å². The highest BCUT2D eigenvalue weighted by Crippen LogP contribution is 2.34. The maximum Gasteiger partial charge on any atom is 0.390 e. The number of hydrogen-bond acceptors (Lipinski definition) is 3. The smallest absolute Gasteiger partial charge is 0.360 e. The molecule has 0 unspecified atom stereocenters. The molecule has 1 fully saturated rings. The summed E-state index contributed by atoms with van der Waals surface area (Å²) in [6, 6.07) is 4.00. The molecule has 4 nitrogen and oxygen atoms in total. The first-order valence-electron chi connectivity index (χ1n) is 8.51. The number of halogens is 3. The number of nitrogens with one attached hydrogen (secondary N) is 1. The van der Waals surface area contributed by atoms with Crippen molar-refractivity contribution >= 4 is 21.9 Å². The van der Waals surface area contributed by atoms with Crippen molar-refractivity contribution in [1.82, 2.24) is 19.9 Å². The Balaban J connectivity index is 1.66. The third-order valence-electron chi connectivity index (χ3n) is 4.98. The monoisotopic (exact) mass is 348 g/mol. The van der Waals surface area contributed by atoms with E-state index in [-0.39, 0.29) is 12.5 Å². The lowest BCUT2D eigenvalue weighted by Crippen LogP contribution is -2.36. The number of H-pyrrole nitrogens is 1. The van der Waals surface area contributed by atoms with Gasteiger partial charge in [0.25, 0.3) is 0 Å². The zero-order chi connectivity index (χ0) is 17.4. The van der Waals surface area contributed by atoms with E-state index in [4.69, 9.17) is 0 Å². The molecule has 1 saturated heterocycles. The molecular weight excluding hydrogens is 329 g/mol. The molecule has 0 saturated carbocycles. The van der Waals surface area contributed by atoms with E-state index in [1.165, 1.54) is 5.56 Å². The van der Waals surface area contributed by atoms with Gasteiger partial charge in [-0.1, -0.05) is 0 Å². The lowest BCUT2D eigenvalue weighted by atomic mass is 9.88. The summed E-state index contributed by atoms with van der Waals surface area (Å²) < 4.78 is 37.6. The van der Waals surface area contributed by atoms with Gasteiger partial charge in [0.15, 0.2) is 5.65 Å². The van der Waals surface area contributed by atoms with Crippen molar-refractivity contribution in [1.29, 1.82) is 0 Å². The predicted molar refractivity (Wildman–Crippen MR) is 90.5 cm³/mol. The fourth-order valence-corrected chi connectivity index (χ4v) is 3.82. The highest BCUT2D eigenvalue weighted by molar-refractivity contribution is 6.05. The van der Waals surface area contributed by atoms with Crippen molar-refractivity contribution in [2.75, 3.05) is 19.6 Å². The zero-order valence-corrected chi connectivity index (χ0v) is 13.7. The Bertz CT molecular complexity index is 887. The van der Waals surface area contributed by atoms with E-state index in [0.29, 0.717) is 12.2 Å². The van der Waals surface area contributed by atoms with Gasteiger partial charge in [-0.15, -0.1) is 0 Å². The lowest BCUT2D eigenvalue weighted by Gasteiger charge is -2.33. The van der Waals surface area contributed by atoms with Crippen molar-refractivity contribution in [3.63, 3.8) is 0 Å². The molecule has 4 heterocycles. The Labute approximate surface area is 143 Å². The van der Waals surface area contributed by atoms with Crippen LogP contribution in [0.15, 0.2) is 30.7 Å². The van der Waals surface area contributed by atoms with E-state index in [2.05, 4.69) is 15.0 Å².